The molecule has 0 fully saturated rings. The van der Waals surface area contributed by atoms with Gasteiger partial charge in [-0.25, -0.2) is 13.6 Å². The number of halogens is 1. The number of aliphatic hydroxyl groups is 1. The maximum Gasteiger partial charge on any atom is 0.238 e. The predicted octanol–water partition coefficient (Wildman–Crippen LogP) is 0.346. The van der Waals surface area contributed by atoms with E-state index in [2.05, 4.69) is 5.32 Å². The number of hydrogen-bond acceptors (Lipinski definition) is 4. The number of anilines is 1. The Hall–Kier alpha value is -0.820. The van der Waals surface area contributed by atoms with Gasteiger partial charge in [0.2, 0.25) is 10.0 Å². The lowest BCUT2D eigenvalue weighted by molar-refractivity contribution is 0.211. The van der Waals surface area contributed by atoms with E-state index >= 15 is 0 Å². The van der Waals surface area contributed by atoms with E-state index in [0.29, 0.717) is 12.2 Å². The van der Waals surface area contributed by atoms with E-state index in [4.69, 9.17) is 16.7 Å². The van der Waals surface area contributed by atoms with E-state index in [9.17, 15) is 13.5 Å². The highest BCUT2D eigenvalue weighted by atomic mass is 35.5. The van der Waals surface area contributed by atoms with Crippen molar-refractivity contribution >= 4 is 27.3 Å². The van der Waals surface area contributed by atoms with Crippen LogP contribution >= 0.6 is 11.6 Å². The molecule has 1 unspecified atom stereocenters. The van der Waals surface area contributed by atoms with Crippen LogP contribution in [0.5, 0.6) is 0 Å². The Balaban J connectivity index is 2.66. The fourth-order valence-electron chi connectivity index (χ4n) is 1.05. The summed E-state index contributed by atoms with van der Waals surface area (Å²) < 4.78 is 21.9. The Morgan fingerprint density at radius 3 is 2.38 bits per heavy atom. The van der Waals surface area contributed by atoms with Crippen LogP contribution in [0.25, 0.3) is 0 Å². The van der Waals surface area contributed by atoms with Gasteiger partial charge in [0.05, 0.1) is 16.9 Å². The van der Waals surface area contributed by atoms with Crippen LogP contribution in [-0.4, -0.2) is 32.1 Å². The van der Waals surface area contributed by atoms with E-state index in [1.54, 1.807) is 12.1 Å². The van der Waals surface area contributed by atoms with Gasteiger partial charge in [-0.1, -0.05) is 0 Å². The van der Waals surface area contributed by atoms with Gasteiger partial charge < -0.3 is 10.4 Å². The van der Waals surface area contributed by atoms with E-state index in [-0.39, 0.29) is 10.8 Å². The lowest BCUT2D eigenvalue weighted by Gasteiger charge is -2.10. The molecule has 16 heavy (non-hydrogen) atoms. The highest BCUT2D eigenvalue weighted by Gasteiger charge is 2.07. The lowest BCUT2D eigenvalue weighted by atomic mass is 10.3. The van der Waals surface area contributed by atoms with Crippen LogP contribution < -0.4 is 10.5 Å². The van der Waals surface area contributed by atoms with Crippen molar-refractivity contribution in [3.63, 3.8) is 0 Å². The first kappa shape index (κ1) is 13.2. The molecular weight excluding hydrogens is 252 g/mol. The van der Waals surface area contributed by atoms with E-state index in [1.807, 2.05) is 0 Å². The second-order valence-electron chi connectivity index (χ2n) is 3.26. The van der Waals surface area contributed by atoms with Crippen molar-refractivity contribution in [1.29, 1.82) is 0 Å². The Bertz CT molecular complexity index is 433. The normalized spacial score (nSPS) is 13.4. The third kappa shape index (κ3) is 3.97. The second kappa shape index (κ2) is 5.49. The third-order valence-corrected chi connectivity index (χ3v) is 3.19. The maximum atomic E-state index is 11.0. The van der Waals surface area contributed by atoms with Gasteiger partial charge in [-0.2, -0.15) is 0 Å². The summed E-state index contributed by atoms with van der Waals surface area (Å²) in [6.07, 6.45) is -0.639. The molecule has 1 aromatic carbocycles. The Morgan fingerprint density at radius 1 is 1.38 bits per heavy atom. The number of hydrogen-bond donors (Lipinski definition) is 3. The molecule has 0 aliphatic rings. The van der Waals surface area contributed by atoms with Crippen LogP contribution in [0.2, 0.25) is 0 Å². The summed E-state index contributed by atoms with van der Waals surface area (Å²) in [5.41, 5.74) is 0.691. The Kier molecular flexibility index (Phi) is 4.55. The highest BCUT2D eigenvalue weighted by molar-refractivity contribution is 7.89. The average Bonchev–Trinajstić information content (AvgIpc) is 2.25. The molecule has 0 aliphatic carbocycles. The summed E-state index contributed by atoms with van der Waals surface area (Å²) in [6.45, 7) is 0.304. The molecule has 0 saturated heterocycles. The first-order valence-corrected chi connectivity index (χ1v) is 6.62. The Labute approximate surface area is 99.3 Å². The molecule has 7 heteroatoms. The van der Waals surface area contributed by atoms with Crippen molar-refractivity contribution in [1.82, 2.24) is 0 Å². The number of benzene rings is 1. The quantitative estimate of drug-likeness (QED) is 0.669. The van der Waals surface area contributed by atoms with Crippen molar-refractivity contribution in [2.75, 3.05) is 17.7 Å². The maximum absolute atomic E-state index is 11.0. The van der Waals surface area contributed by atoms with Crippen molar-refractivity contribution < 1.29 is 13.5 Å². The molecule has 0 aromatic heterocycles. The topological polar surface area (TPSA) is 92.4 Å². The molecule has 1 rings (SSSR count). The summed E-state index contributed by atoms with van der Waals surface area (Å²) >= 11 is 5.42. The summed E-state index contributed by atoms with van der Waals surface area (Å²) in [5, 5.41) is 17.0. The molecular formula is C9H13ClN2O3S. The number of nitrogens with two attached hydrogens (primary N) is 1. The molecule has 1 aromatic rings. The number of alkyl halides is 1. The zero-order valence-electron chi connectivity index (χ0n) is 8.43. The van der Waals surface area contributed by atoms with Gasteiger partial charge in [-0.15, -0.1) is 11.6 Å². The lowest BCUT2D eigenvalue weighted by Crippen LogP contribution is -2.20. The summed E-state index contributed by atoms with van der Waals surface area (Å²) in [4.78, 5) is 0.0518. The van der Waals surface area contributed by atoms with Gasteiger partial charge in [0.25, 0.3) is 0 Å². The number of rotatable bonds is 5. The smallest absolute Gasteiger partial charge is 0.238 e. The minimum Gasteiger partial charge on any atom is -0.390 e. The molecule has 5 nitrogen and oxygen atoms in total. The van der Waals surface area contributed by atoms with E-state index in [1.165, 1.54) is 12.1 Å². The van der Waals surface area contributed by atoms with Gasteiger partial charge in [0.1, 0.15) is 0 Å². The molecule has 90 valence electrons. The Morgan fingerprint density at radius 2 is 1.94 bits per heavy atom. The van der Waals surface area contributed by atoms with Gasteiger partial charge >= 0.3 is 0 Å². The minimum atomic E-state index is -3.65. The van der Waals surface area contributed by atoms with Crippen molar-refractivity contribution in [2.45, 2.75) is 11.0 Å². The number of sulfonamides is 1. The summed E-state index contributed by atoms with van der Waals surface area (Å²) in [7, 11) is -3.65. The van der Waals surface area contributed by atoms with Gasteiger partial charge in [0.15, 0.2) is 0 Å². The molecule has 0 radical (unpaired) electrons. The first-order valence-electron chi connectivity index (χ1n) is 4.54. The molecule has 0 spiro atoms. The predicted molar refractivity (Wildman–Crippen MR) is 63.0 cm³/mol. The zero-order valence-corrected chi connectivity index (χ0v) is 10.0. The number of aliphatic hydroxyl groups excluding tert-OH is 1. The average molecular weight is 265 g/mol. The largest absolute Gasteiger partial charge is 0.390 e. The zero-order chi connectivity index (χ0) is 12.2. The van der Waals surface area contributed by atoms with Crippen molar-refractivity contribution in [3.05, 3.63) is 24.3 Å². The highest BCUT2D eigenvalue weighted by Crippen LogP contribution is 2.12. The molecule has 4 N–H and O–H groups in total. The molecule has 0 bridgehead atoms. The van der Waals surface area contributed by atoms with E-state index < -0.39 is 16.1 Å². The molecule has 0 amide bonds. The molecule has 0 heterocycles. The van der Waals surface area contributed by atoms with Gasteiger partial charge in [0, 0.05) is 12.2 Å². The number of primary sulfonamides is 1. The number of nitrogens with one attached hydrogen (secondary N) is 1. The van der Waals surface area contributed by atoms with Gasteiger partial charge in [-0.3, -0.25) is 0 Å². The van der Waals surface area contributed by atoms with Crippen molar-refractivity contribution in [2.24, 2.45) is 5.14 Å². The SMILES string of the molecule is NS(=O)(=O)c1ccc(NCC(O)CCl)cc1. The fourth-order valence-corrected chi connectivity index (χ4v) is 1.68. The minimum absolute atomic E-state index is 0.0518. The van der Waals surface area contributed by atoms with Gasteiger partial charge in [-0.05, 0) is 24.3 Å². The van der Waals surface area contributed by atoms with E-state index in [0.717, 1.165) is 0 Å². The molecule has 1 atom stereocenters. The third-order valence-electron chi connectivity index (χ3n) is 1.90. The summed E-state index contributed by atoms with van der Waals surface area (Å²) in [5.74, 6) is 0.141. The van der Waals surface area contributed by atoms with Crippen LogP contribution in [0.4, 0.5) is 5.69 Å². The van der Waals surface area contributed by atoms with Crippen LogP contribution in [-0.2, 0) is 10.0 Å². The molecule has 0 saturated carbocycles. The molecule has 0 aliphatic heterocycles. The monoisotopic (exact) mass is 264 g/mol. The van der Waals surface area contributed by atoms with Crippen LogP contribution in [0.3, 0.4) is 0 Å². The van der Waals surface area contributed by atoms with Crippen LogP contribution in [0.1, 0.15) is 0 Å². The van der Waals surface area contributed by atoms with Crippen LogP contribution in [0.15, 0.2) is 29.2 Å². The first-order chi connectivity index (χ1) is 7.43. The van der Waals surface area contributed by atoms with Crippen LogP contribution in [0, 0.1) is 0 Å². The van der Waals surface area contributed by atoms with Crippen molar-refractivity contribution in [3.8, 4) is 0 Å². The second-order valence-corrected chi connectivity index (χ2v) is 5.13. The standard InChI is InChI=1S/C9H13ClN2O3S/c10-5-8(13)6-12-7-1-3-9(4-2-7)16(11,14)15/h1-4,8,12-13H,5-6H2,(H2,11,14,15). The fraction of sp³-hybridized carbons (Fsp3) is 0.333. The summed E-state index contributed by atoms with van der Waals surface area (Å²) in [6, 6.07) is 5.93.